The second-order valence-electron chi connectivity index (χ2n) is 5.37. The van der Waals surface area contributed by atoms with E-state index >= 15 is 0 Å². The van der Waals surface area contributed by atoms with Gasteiger partial charge in [-0.1, -0.05) is 41.9 Å². The minimum Gasteiger partial charge on any atom is -0.352 e. The van der Waals surface area contributed by atoms with Crippen molar-refractivity contribution in [3.8, 4) is 11.3 Å². The topological polar surface area (TPSA) is 70.7 Å². The van der Waals surface area contributed by atoms with Crippen molar-refractivity contribution < 1.29 is 13.2 Å². The van der Waals surface area contributed by atoms with E-state index in [0.717, 1.165) is 11.6 Å². The fraction of sp³-hybridized carbons (Fsp3) is 0.118. The number of nitrogens with zero attached hydrogens (tertiary/aromatic N) is 2. The number of halogens is 4. The lowest BCUT2D eigenvalue weighted by molar-refractivity contribution is -0.137. The van der Waals surface area contributed by atoms with Gasteiger partial charge < -0.3 is 5.32 Å². The van der Waals surface area contributed by atoms with Crippen molar-refractivity contribution in [3.63, 3.8) is 0 Å². The van der Waals surface area contributed by atoms with Crippen LogP contribution in [-0.4, -0.2) is 15.0 Å². The van der Waals surface area contributed by atoms with Crippen LogP contribution >= 0.6 is 11.6 Å². The van der Waals surface area contributed by atoms with Crippen molar-refractivity contribution in [1.29, 1.82) is 0 Å². The third kappa shape index (κ3) is 4.02. The third-order valence-corrected chi connectivity index (χ3v) is 3.81. The Morgan fingerprint density at radius 1 is 1.12 bits per heavy atom. The van der Waals surface area contributed by atoms with E-state index in [4.69, 9.17) is 11.6 Å². The SMILES string of the molecule is O=c1[nH]c(NCc2ccccc2)ncc1-c1ncc(C(F)(F)F)cc1Cl. The predicted molar refractivity (Wildman–Crippen MR) is 91.9 cm³/mol. The van der Waals surface area contributed by atoms with E-state index in [1.165, 1.54) is 6.20 Å². The van der Waals surface area contributed by atoms with Crippen molar-refractivity contribution in [2.45, 2.75) is 12.7 Å². The molecule has 0 spiro atoms. The number of H-pyrrole nitrogens is 1. The van der Waals surface area contributed by atoms with Crippen LogP contribution in [0.1, 0.15) is 11.1 Å². The molecule has 1 aromatic carbocycles. The number of rotatable bonds is 4. The van der Waals surface area contributed by atoms with Gasteiger partial charge in [0.1, 0.15) is 0 Å². The number of benzene rings is 1. The van der Waals surface area contributed by atoms with Crippen LogP contribution in [0.2, 0.25) is 5.02 Å². The molecule has 0 aliphatic heterocycles. The molecular weight excluding hydrogens is 369 g/mol. The van der Waals surface area contributed by atoms with Gasteiger partial charge in [-0.3, -0.25) is 14.8 Å². The largest absolute Gasteiger partial charge is 0.417 e. The van der Waals surface area contributed by atoms with Crippen molar-refractivity contribution in [3.05, 3.63) is 75.3 Å². The maximum atomic E-state index is 12.7. The van der Waals surface area contributed by atoms with Gasteiger partial charge in [0.25, 0.3) is 5.56 Å². The summed E-state index contributed by atoms with van der Waals surface area (Å²) in [5, 5.41) is 2.67. The van der Waals surface area contributed by atoms with E-state index in [9.17, 15) is 18.0 Å². The molecule has 3 aromatic rings. The lowest BCUT2D eigenvalue weighted by atomic mass is 10.2. The fourth-order valence-electron chi connectivity index (χ4n) is 2.23. The van der Waals surface area contributed by atoms with Crippen LogP contribution < -0.4 is 10.9 Å². The monoisotopic (exact) mass is 380 g/mol. The number of alkyl halides is 3. The van der Waals surface area contributed by atoms with E-state index in [1.54, 1.807) is 0 Å². The van der Waals surface area contributed by atoms with Gasteiger partial charge in [0, 0.05) is 18.9 Å². The Kier molecular flexibility index (Phi) is 4.94. The standard InChI is InChI=1S/C17H12ClF3N4O/c18-13-6-11(17(19,20)21)8-22-14(13)12-9-24-16(25-15(12)26)23-7-10-4-2-1-3-5-10/h1-6,8-9H,7H2,(H2,23,24,25,26). The zero-order valence-corrected chi connectivity index (χ0v) is 13.9. The minimum atomic E-state index is -4.56. The second kappa shape index (κ2) is 7.17. The number of aromatic amines is 1. The molecule has 0 radical (unpaired) electrons. The van der Waals surface area contributed by atoms with Crippen molar-refractivity contribution in [1.82, 2.24) is 15.0 Å². The van der Waals surface area contributed by atoms with Gasteiger partial charge in [-0.25, -0.2) is 4.98 Å². The second-order valence-corrected chi connectivity index (χ2v) is 5.77. The minimum absolute atomic E-state index is 0.0195. The summed E-state index contributed by atoms with van der Waals surface area (Å²) < 4.78 is 38.0. The first-order chi connectivity index (χ1) is 12.3. The Labute approximate surface area is 150 Å². The van der Waals surface area contributed by atoms with Crippen molar-refractivity contribution in [2.24, 2.45) is 0 Å². The number of hydrogen-bond acceptors (Lipinski definition) is 4. The molecule has 5 nitrogen and oxygen atoms in total. The van der Waals surface area contributed by atoms with Crippen LogP contribution in [0.25, 0.3) is 11.3 Å². The number of pyridine rings is 1. The number of nitrogens with one attached hydrogen (secondary N) is 2. The van der Waals surface area contributed by atoms with Crippen LogP contribution in [0.3, 0.4) is 0 Å². The maximum Gasteiger partial charge on any atom is 0.417 e. The summed E-state index contributed by atoms with van der Waals surface area (Å²) in [4.78, 5) is 22.5. The summed E-state index contributed by atoms with van der Waals surface area (Å²) >= 11 is 5.86. The summed E-state index contributed by atoms with van der Waals surface area (Å²) in [5.41, 5.74) is -0.648. The van der Waals surface area contributed by atoms with Gasteiger partial charge >= 0.3 is 6.18 Å². The Bertz CT molecular complexity index is 974. The van der Waals surface area contributed by atoms with Crippen LogP contribution in [0.5, 0.6) is 0 Å². The smallest absolute Gasteiger partial charge is 0.352 e. The van der Waals surface area contributed by atoms with Gasteiger partial charge in [0.2, 0.25) is 5.95 Å². The van der Waals surface area contributed by atoms with Gasteiger partial charge in [0.15, 0.2) is 0 Å². The molecule has 2 aromatic heterocycles. The highest BCUT2D eigenvalue weighted by molar-refractivity contribution is 6.33. The highest BCUT2D eigenvalue weighted by Crippen LogP contribution is 2.33. The van der Waals surface area contributed by atoms with E-state index in [1.807, 2.05) is 30.3 Å². The molecule has 0 bridgehead atoms. The normalized spacial score (nSPS) is 11.4. The molecule has 134 valence electrons. The molecule has 2 N–H and O–H groups in total. The van der Waals surface area contributed by atoms with Gasteiger partial charge in [-0.2, -0.15) is 13.2 Å². The molecule has 0 atom stereocenters. The van der Waals surface area contributed by atoms with Gasteiger partial charge in [0.05, 0.1) is 21.8 Å². The summed E-state index contributed by atoms with van der Waals surface area (Å²) in [6, 6.07) is 10.2. The van der Waals surface area contributed by atoms with Crippen molar-refractivity contribution in [2.75, 3.05) is 5.32 Å². The van der Waals surface area contributed by atoms with Crippen molar-refractivity contribution >= 4 is 17.5 Å². The Morgan fingerprint density at radius 2 is 1.85 bits per heavy atom. The van der Waals surface area contributed by atoms with E-state index in [0.29, 0.717) is 12.7 Å². The van der Waals surface area contributed by atoms with Gasteiger partial charge in [-0.05, 0) is 11.6 Å². The maximum absolute atomic E-state index is 12.7. The van der Waals surface area contributed by atoms with Crippen LogP contribution in [0, 0.1) is 0 Å². The molecule has 0 saturated carbocycles. The molecule has 0 aliphatic rings. The van der Waals surface area contributed by atoms with E-state index < -0.39 is 17.3 Å². The molecule has 3 rings (SSSR count). The summed E-state index contributed by atoms with van der Waals surface area (Å²) in [6.07, 6.45) is -2.72. The predicted octanol–water partition coefficient (Wildman–Crippen LogP) is 4.12. The number of hydrogen-bond donors (Lipinski definition) is 2. The first-order valence-electron chi connectivity index (χ1n) is 7.45. The van der Waals surface area contributed by atoms with Crippen LogP contribution in [0.4, 0.5) is 19.1 Å². The lowest BCUT2D eigenvalue weighted by Gasteiger charge is -2.09. The summed E-state index contributed by atoms with van der Waals surface area (Å²) in [6.45, 7) is 0.447. The quantitative estimate of drug-likeness (QED) is 0.714. The Hall–Kier alpha value is -2.87. The molecule has 0 fully saturated rings. The van der Waals surface area contributed by atoms with E-state index in [-0.39, 0.29) is 22.2 Å². The van der Waals surface area contributed by atoms with Crippen LogP contribution in [-0.2, 0) is 12.7 Å². The first-order valence-corrected chi connectivity index (χ1v) is 7.82. The Morgan fingerprint density at radius 3 is 2.46 bits per heavy atom. The molecule has 0 amide bonds. The van der Waals surface area contributed by atoms with Crippen LogP contribution in [0.15, 0.2) is 53.6 Å². The zero-order chi connectivity index (χ0) is 18.7. The summed E-state index contributed by atoms with van der Waals surface area (Å²) in [5.74, 6) is 0.227. The average molecular weight is 381 g/mol. The highest BCUT2D eigenvalue weighted by atomic mass is 35.5. The third-order valence-electron chi connectivity index (χ3n) is 3.53. The molecular formula is C17H12ClF3N4O. The average Bonchev–Trinajstić information content (AvgIpc) is 2.60. The zero-order valence-electron chi connectivity index (χ0n) is 13.1. The molecule has 2 heterocycles. The highest BCUT2D eigenvalue weighted by Gasteiger charge is 2.31. The number of anilines is 1. The lowest BCUT2D eigenvalue weighted by Crippen LogP contribution is -2.15. The first kappa shape index (κ1) is 17.9. The fourth-order valence-corrected chi connectivity index (χ4v) is 2.49. The molecule has 9 heteroatoms. The summed E-state index contributed by atoms with van der Waals surface area (Å²) in [7, 11) is 0. The van der Waals surface area contributed by atoms with E-state index in [2.05, 4.69) is 20.3 Å². The molecule has 26 heavy (non-hydrogen) atoms. The van der Waals surface area contributed by atoms with Gasteiger partial charge in [-0.15, -0.1) is 0 Å². The molecule has 0 saturated heterocycles. The number of aromatic nitrogens is 3. The molecule has 0 aliphatic carbocycles. The Balaban J connectivity index is 1.83. The molecule has 0 unspecified atom stereocenters.